The van der Waals surface area contributed by atoms with Crippen LogP contribution in [0.25, 0.3) is 11.5 Å². The molecule has 0 spiro atoms. The monoisotopic (exact) mass is 380 g/mol. The molecule has 144 valence electrons. The predicted octanol–water partition coefficient (Wildman–Crippen LogP) is 2.86. The quantitative estimate of drug-likeness (QED) is 0.628. The lowest BCUT2D eigenvalue weighted by atomic mass is 10.1. The van der Waals surface area contributed by atoms with Crippen molar-refractivity contribution < 1.29 is 18.8 Å². The van der Waals surface area contributed by atoms with Crippen molar-refractivity contribution in [3.05, 3.63) is 59.6 Å². The molecule has 3 rings (SSSR count). The number of aromatic nitrogens is 3. The molecule has 0 bridgehead atoms. The van der Waals surface area contributed by atoms with Gasteiger partial charge in [0, 0.05) is 18.3 Å². The Hall–Kier alpha value is -3.55. The Kier molecular flexibility index (Phi) is 6.11. The normalized spacial score (nSPS) is 10.5. The van der Waals surface area contributed by atoms with E-state index in [4.69, 9.17) is 9.26 Å². The molecule has 8 nitrogen and oxygen atoms in total. The maximum atomic E-state index is 11.9. The van der Waals surface area contributed by atoms with Gasteiger partial charge in [0.25, 0.3) is 5.91 Å². The van der Waals surface area contributed by atoms with Crippen molar-refractivity contribution in [1.29, 1.82) is 0 Å². The first-order valence-corrected chi connectivity index (χ1v) is 8.78. The number of carbonyl (C=O) groups is 2. The summed E-state index contributed by atoms with van der Waals surface area (Å²) in [5.41, 5.74) is 3.45. The second-order valence-corrected chi connectivity index (χ2v) is 6.23. The van der Waals surface area contributed by atoms with Gasteiger partial charge in [0.2, 0.25) is 11.7 Å². The summed E-state index contributed by atoms with van der Waals surface area (Å²) in [6, 6.07) is 11.0. The number of nitrogens with one attached hydrogen (secondary N) is 1. The van der Waals surface area contributed by atoms with Crippen LogP contribution in [0, 0.1) is 13.8 Å². The van der Waals surface area contributed by atoms with Crippen LogP contribution in [-0.4, -0.2) is 33.6 Å². The zero-order chi connectivity index (χ0) is 19.9. The fourth-order valence-corrected chi connectivity index (χ4v) is 2.40. The van der Waals surface area contributed by atoms with Gasteiger partial charge in [-0.25, -0.2) is 0 Å². The summed E-state index contributed by atoms with van der Waals surface area (Å²) in [5.74, 6) is -0.256. The number of hydrogen-bond acceptors (Lipinski definition) is 7. The standard InChI is InChI=1S/C20H20N4O4/c1-13-6-7-15(11-14(13)2)22-17(25)12-27-19(26)9-8-18-23-20(24-28-18)16-5-3-4-10-21-16/h3-7,10-11H,8-9,12H2,1-2H3,(H,22,25). The van der Waals surface area contributed by atoms with E-state index in [0.717, 1.165) is 11.1 Å². The molecule has 0 fully saturated rings. The molecule has 1 amide bonds. The van der Waals surface area contributed by atoms with Crippen molar-refractivity contribution in [1.82, 2.24) is 15.1 Å². The van der Waals surface area contributed by atoms with Crippen LogP contribution in [0.2, 0.25) is 0 Å². The number of pyridine rings is 1. The van der Waals surface area contributed by atoms with E-state index in [1.54, 1.807) is 24.4 Å². The van der Waals surface area contributed by atoms with Gasteiger partial charge < -0.3 is 14.6 Å². The molecule has 0 saturated carbocycles. The van der Waals surface area contributed by atoms with Crippen LogP contribution in [0.3, 0.4) is 0 Å². The zero-order valence-corrected chi connectivity index (χ0v) is 15.6. The number of carbonyl (C=O) groups excluding carboxylic acids is 2. The molecular weight excluding hydrogens is 360 g/mol. The Morgan fingerprint density at radius 2 is 2.00 bits per heavy atom. The summed E-state index contributed by atoms with van der Waals surface area (Å²) < 4.78 is 10.1. The van der Waals surface area contributed by atoms with E-state index < -0.39 is 11.9 Å². The van der Waals surface area contributed by atoms with Crippen LogP contribution < -0.4 is 5.32 Å². The maximum absolute atomic E-state index is 11.9. The molecule has 28 heavy (non-hydrogen) atoms. The fraction of sp³-hybridized carbons (Fsp3) is 0.250. The fourth-order valence-electron chi connectivity index (χ4n) is 2.40. The Balaban J connectivity index is 1.42. The molecule has 0 aliphatic carbocycles. The lowest BCUT2D eigenvalue weighted by Crippen LogP contribution is -2.21. The SMILES string of the molecule is Cc1ccc(NC(=O)COC(=O)CCc2nc(-c3ccccn3)no2)cc1C. The van der Waals surface area contributed by atoms with Gasteiger partial charge >= 0.3 is 5.97 Å². The molecule has 0 aliphatic rings. The lowest BCUT2D eigenvalue weighted by molar-refractivity contribution is -0.147. The molecule has 0 atom stereocenters. The van der Waals surface area contributed by atoms with Crippen LogP contribution in [0.1, 0.15) is 23.4 Å². The number of amides is 1. The molecule has 2 heterocycles. The van der Waals surface area contributed by atoms with Crippen LogP contribution in [0.5, 0.6) is 0 Å². The van der Waals surface area contributed by atoms with E-state index in [0.29, 0.717) is 23.1 Å². The van der Waals surface area contributed by atoms with Gasteiger partial charge in [0.15, 0.2) is 6.61 Å². The van der Waals surface area contributed by atoms with Crippen LogP contribution in [0.4, 0.5) is 5.69 Å². The van der Waals surface area contributed by atoms with E-state index in [-0.39, 0.29) is 19.4 Å². The number of ether oxygens (including phenoxy) is 1. The number of esters is 1. The Morgan fingerprint density at radius 3 is 2.75 bits per heavy atom. The molecule has 0 unspecified atom stereocenters. The predicted molar refractivity (Wildman–Crippen MR) is 101 cm³/mol. The van der Waals surface area contributed by atoms with Gasteiger partial charge in [-0.15, -0.1) is 0 Å². The molecular formula is C20H20N4O4. The maximum Gasteiger partial charge on any atom is 0.306 e. The second kappa shape index (κ2) is 8.90. The number of anilines is 1. The second-order valence-electron chi connectivity index (χ2n) is 6.23. The Bertz CT molecular complexity index is 969. The van der Waals surface area contributed by atoms with Gasteiger partial charge in [0.1, 0.15) is 5.69 Å². The first-order valence-electron chi connectivity index (χ1n) is 8.78. The van der Waals surface area contributed by atoms with Crippen LogP contribution in [0.15, 0.2) is 47.1 Å². The van der Waals surface area contributed by atoms with Gasteiger partial charge in [-0.3, -0.25) is 14.6 Å². The minimum Gasteiger partial charge on any atom is -0.456 e. The number of nitrogens with zero attached hydrogens (tertiary/aromatic N) is 3. The molecule has 3 aromatic rings. The van der Waals surface area contributed by atoms with E-state index >= 15 is 0 Å². The summed E-state index contributed by atoms with van der Waals surface area (Å²) in [7, 11) is 0. The lowest BCUT2D eigenvalue weighted by Gasteiger charge is -2.08. The van der Waals surface area contributed by atoms with Gasteiger partial charge in [-0.1, -0.05) is 17.3 Å². The highest BCUT2D eigenvalue weighted by atomic mass is 16.5. The van der Waals surface area contributed by atoms with Crippen molar-refractivity contribution in [3.8, 4) is 11.5 Å². The number of hydrogen-bond donors (Lipinski definition) is 1. The third kappa shape index (κ3) is 5.23. The van der Waals surface area contributed by atoms with E-state index in [2.05, 4.69) is 20.4 Å². The molecule has 0 saturated heterocycles. The molecule has 8 heteroatoms. The van der Waals surface area contributed by atoms with Crippen molar-refractivity contribution >= 4 is 17.6 Å². The zero-order valence-electron chi connectivity index (χ0n) is 15.6. The third-order valence-corrected chi connectivity index (χ3v) is 4.06. The van der Waals surface area contributed by atoms with E-state index in [9.17, 15) is 9.59 Å². The van der Waals surface area contributed by atoms with Crippen molar-refractivity contribution in [3.63, 3.8) is 0 Å². The minimum absolute atomic E-state index is 0.0285. The van der Waals surface area contributed by atoms with Crippen LogP contribution >= 0.6 is 0 Å². The van der Waals surface area contributed by atoms with Crippen molar-refractivity contribution in [2.24, 2.45) is 0 Å². The molecule has 1 N–H and O–H groups in total. The average Bonchev–Trinajstić information content (AvgIpc) is 3.17. The molecule has 0 aliphatic heterocycles. The highest BCUT2D eigenvalue weighted by molar-refractivity contribution is 5.92. The Morgan fingerprint density at radius 1 is 1.14 bits per heavy atom. The summed E-state index contributed by atoms with van der Waals surface area (Å²) in [6.45, 7) is 3.60. The minimum atomic E-state index is -0.521. The van der Waals surface area contributed by atoms with Gasteiger partial charge in [0.05, 0.1) is 6.42 Å². The molecule has 0 radical (unpaired) electrons. The topological polar surface area (TPSA) is 107 Å². The highest BCUT2D eigenvalue weighted by Crippen LogP contribution is 2.14. The number of rotatable bonds is 7. The molecule has 1 aromatic carbocycles. The third-order valence-electron chi connectivity index (χ3n) is 4.06. The van der Waals surface area contributed by atoms with Crippen molar-refractivity contribution in [2.45, 2.75) is 26.7 Å². The largest absolute Gasteiger partial charge is 0.456 e. The summed E-state index contributed by atoms with van der Waals surface area (Å²) >= 11 is 0. The Labute approximate surface area is 161 Å². The van der Waals surface area contributed by atoms with E-state index in [1.807, 2.05) is 32.0 Å². The van der Waals surface area contributed by atoms with Crippen molar-refractivity contribution in [2.75, 3.05) is 11.9 Å². The average molecular weight is 380 g/mol. The first-order chi connectivity index (χ1) is 13.5. The van der Waals surface area contributed by atoms with Gasteiger partial charge in [-0.05, 0) is 49.2 Å². The first kappa shape index (κ1) is 19.2. The summed E-state index contributed by atoms with van der Waals surface area (Å²) in [4.78, 5) is 32.1. The molecule has 2 aromatic heterocycles. The smallest absolute Gasteiger partial charge is 0.306 e. The van der Waals surface area contributed by atoms with Gasteiger partial charge in [-0.2, -0.15) is 4.98 Å². The summed E-state index contributed by atoms with van der Waals surface area (Å²) in [6.07, 6.45) is 1.88. The summed E-state index contributed by atoms with van der Waals surface area (Å²) in [5, 5.41) is 6.53. The van der Waals surface area contributed by atoms with E-state index in [1.165, 1.54) is 0 Å². The number of benzene rings is 1. The highest BCUT2D eigenvalue weighted by Gasteiger charge is 2.13. The van der Waals surface area contributed by atoms with Crippen LogP contribution in [-0.2, 0) is 20.7 Å². The number of aryl methyl sites for hydroxylation is 3.